The van der Waals surface area contributed by atoms with Crippen molar-refractivity contribution < 1.29 is 38.6 Å². The Hall–Kier alpha value is -8.31. The Morgan fingerprint density at radius 2 is 1.18 bits per heavy atom. The summed E-state index contributed by atoms with van der Waals surface area (Å²) >= 11 is 0. The fourth-order valence-corrected chi connectivity index (χ4v) is 11.4. The quantitative estimate of drug-likeness (QED) is 0.0956. The first-order chi connectivity index (χ1) is 40.8. The van der Waals surface area contributed by atoms with E-state index >= 15 is 0 Å². The molecule has 9 aromatic carbocycles. The van der Waals surface area contributed by atoms with E-state index in [0.717, 1.165) is 88.1 Å². The summed E-state index contributed by atoms with van der Waals surface area (Å²) in [6.45, 7) is 17.3. The van der Waals surface area contributed by atoms with Crippen LogP contribution in [-0.2, 0) is 31.9 Å². The zero-order chi connectivity index (χ0) is 59.4. The number of aromatic nitrogens is 5. The van der Waals surface area contributed by atoms with E-state index < -0.39 is 24.0 Å². The number of benzene rings is 9. The Kier molecular flexibility index (Phi) is 11.8. The molecule has 0 aliphatic rings. The van der Waals surface area contributed by atoms with Gasteiger partial charge in [-0.2, -0.15) is 12.1 Å². The average molecular weight is 1230 g/mol. The smallest absolute Gasteiger partial charge is 0.268 e. The van der Waals surface area contributed by atoms with Gasteiger partial charge >= 0.3 is 0 Å². The molecular weight excluding hydrogens is 1160 g/mol. The van der Waals surface area contributed by atoms with Crippen LogP contribution in [0.1, 0.15) is 99.0 Å². The standard InChI is InChI=1S/C73H63N5O.Pt/c1-9-48(10-2)50-38-39-74-69(42-50)78-64-35-19-16-30-61(64)70-67(77-62-33-17-14-28-59(62)60-29-15-18-34-63(60)77)45-56(46-68(70)78)79-55-27-22-26-54(44-55)75-47-76(66-37-21-20-36-65(66)75)71-57(49-24-12-11-13-25-49)31-23-32-58(71)51-40-52(72(3,4)5)43-53(41-51)73(6,7)8;/h11-43,45,48H,9-10H2,1-8H3;/q-2;/i11D,12D,13D,24D,25D,48D;. The van der Waals surface area contributed by atoms with Crippen LogP contribution in [0, 0.1) is 18.5 Å². The number of hydrogen-bond donors (Lipinski definition) is 0. The van der Waals surface area contributed by atoms with E-state index in [1.54, 1.807) is 0 Å². The zero-order valence-corrected chi connectivity index (χ0v) is 48.4. The molecule has 80 heavy (non-hydrogen) atoms. The van der Waals surface area contributed by atoms with Gasteiger partial charge < -0.3 is 18.4 Å². The Balaban J connectivity index is 0.00000724. The van der Waals surface area contributed by atoms with Crippen LogP contribution in [0.2, 0.25) is 0 Å². The number of imidazole rings is 1. The molecule has 0 amide bonds. The van der Waals surface area contributed by atoms with Crippen LogP contribution in [0.4, 0.5) is 0 Å². The number of para-hydroxylation sites is 6. The van der Waals surface area contributed by atoms with Crippen LogP contribution in [0.15, 0.2) is 206 Å². The molecule has 13 rings (SSSR count). The Bertz CT molecular complexity index is 4730. The first-order valence-electron chi connectivity index (χ1n) is 30.3. The van der Waals surface area contributed by atoms with Crippen molar-refractivity contribution in [3.05, 3.63) is 241 Å². The summed E-state index contributed by atoms with van der Waals surface area (Å²) < 4.78 is 69.8. The molecule has 0 saturated carbocycles. The summed E-state index contributed by atoms with van der Waals surface area (Å²) in [7, 11) is 0. The van der Waals surface area contributed by atoms with Crippen molar-refractivity contribution in [3.63, 3.8) is 0 Å². The Morgan fingerprint density at radius 1 is 0.588 bits per heavy atom. The summed E-state index contributed by atoms with van der Waals surface area (Å²) in [5.41, 5.74) is 12.4. The van der Waals surface area contributed by atoms with Gasteiger partial charge in [-0.1, -0.05) is 212 Å². The average Bonchev–Trinajstić information content (AvgIpc) is 1.63. The van der Waals surface area contributed by atoms with E-state index in [4.69, 9.17) is 13.8 Å². The number of hydrogen-bond acceptors (Lipinski definition) is 2. The predicted octanol–water partition coefficient (Wildman–Crippen LogP) is 18.5. The minimum atomic E-state index is -0.796. The summed E-state index contributed by atoms with van der Waals surface area (Å²) in [6.07, 6.45) is 6.82. The zero-order valence-electron chi connectivity index (χ0n) is 52.1. The van der Waals surface area contributed by atoms with Crippen LogP contribution in [0.25, 0.3) is 99.8 Å². The van der Waals surface area contributed by atoms with Crippen molar-refractivity contribution >= 4 is 54.6 Å². The van der Waals surface area contributed by atoms with Gasteiger partial charge in [0.1, 0.15) is 5.82 Å². The molecule has 0 fully saturated rings. The van der Waals surface area contributed by atoms with Gasteiger partial charge in [-0.05, 0) is 116 Å². The molecule has 6 nitrogen and oxygen atoms in total. The molecule has 4 aromatic heterocycles. The molecule has 0 aliphatic heterocycles. The monoisotopic (exact) mass is 1230 g/mol. The van der Waals surface area contributed by atoms with E-state index in [2.05, 4.69) is 174 Å². The van der Waals surface area contributed by atoms with Crippen molar-refractivity contribution in [3.8, 4) is 56.6 Å². The van der Waals surface area contributed by atoms with Crippen LogP contribution >= 0.6 is 0 Å². The molecule has 0 bridgehead atoms. The maximum Gasteiger partial charge on any atom is 0.268 e. The van der Waals surface area contributed by atoms with Crippen molar-refractivity contribution in [2.24, 2.45) is 0 Å². The Labute approximate surface area is 492 Å². The van der Waals surface area contributed by atoms with E-state index in [9.17, 15) is 4.11 Å². The van der Waals surface area contributed by atoms with Crippen molar-refractivity contribution in [1.82, 2.24) is 18.7 Å². The van der Waals surface area contributed by atoms with Crippen LogP contribution in [0.3, 0.4) is 0 Å². The molecule has 0 aliphatic carbocycles. The predicted molar refractivity (Wildman–Crippen MR) is 326 cm³/mol. The molecule has 0 unspecified atom stereocenters. The molecular formula is C73H63N5OPt-2. The molecule has 0 radical (unpaired) electrons. The molecule has 7 heteroatoms. The molecule has 0 spiro atoms. The molecule has 0 N–H and O–H groups in total. The number of rotatable bonds is 11. The fourth-order valence-electron chi connectivity index (χ4n) is 11.4. The van der Waals surface area contributed by atoms with Crippen molar-refractivity contribution in [1.29, 1.82) is 0 Å². The largest absolute Gasteiger partial charge is 0.510 e. The minimum absolute atomic E-state index is 0. The minimum Gasteiger partial charge on any atom is -0.510 e. The van der Waals surface area contributed by atoms with Crippen molar-refractivity contribution in [2.45, 2.75) is 85.0 Å². The first kappa shape index (κ1) is 45.5. The van der Waals surface area contributed by atoms with Gasteiger partial charge in [0.2, 0.25) is 0 Å². The second-order valence-electron chi connectivity index (χ2n) is 22.4. The maximum atomic E-state index is 9.49. The van der Waals surface area contributed by atoms with Crippen LogP contribution in [-0.4, -0.2) is 18.7 Å². The summed E-state index contributed by atoms with van der Waals surface area (Å²) in [6, 6.07) is 63.1. The summed E-state index contributed by atoms with van der Waals surface area (Å²) in [5, 5.41) is 4.21. The van der Waals surface area contributed by atoms with Gasteiger partial charge in [0.25, 0.3) is 6.33 Å². The number of ether oxygens (including phenoxy) is 1. The van der Waals surface area contributed by atoms with Gasteiger partial charge in [-0.3, -0.25) is 4.57 Å². The van der Waals surface area contributed by atoms with Gasteiger partial charge in [0.15, 0.2) is 0 Å². The van der Waals surface area contributed by atoms with E-state index in [1.807, 2.05) is 94.2 Å². The third-order valence-corrected chi connectivity index (χ3v) is 15.5. The number of pyridine rings is 1. The van der Waals surface area contributed by atoms with Crippen molar-refractivity contribution in [2.75, 3.05) is 0 Å². The summed E-state index contributed by atoms with van der Waals surface area (Å²) in [4.78, 5) is 5.01. The van der Waals surface area contributed by atoms with Gasteiger partial charge in [-0.15, -0.1) is 24.3 Å². The molecule has 4 heterocycles. The van der Waals surface area contributed by atoms with Gasteiger partial charge in [0.05, 0.1) is 34.6 Å². The maximum absolute atomic E-state index is 9.49. The number of fused-ring (bicyclic) bond motifs is 7. The SMILES string of the molecule is [2H]c1c([2H])c([2H])c(-c2cccc(-c3cc(C(C)(C)C)cc(C(C)(C)C)c3)c2-[n+]2[c-]n(-c3[c-]c(Oc4[c-]c5c(c(-n6c7ccccc7c7ccccc76)c4)c4ccccc4n5-c4cc(C([2H])(CC)CC)ccn4)ccc3)c3ccccc32)c([2H])c1[2H].[Pt]. The van der Waals surface area contributed by atoms with E-state index in [0.29, 0.717) is 47.1 Å². The molecule has 0 atom stereocenters. The van der Waals surface area contributed by atoms with Crippen LogP contribution < -0.4 is 9.30 Å². The second kappa shape index (κ2) is 20.7. The fraction of sp³-hybridized carbons (Fsp3) is 0.178. The van der Waals surface area contributed by atoms with Crippen LogP contribution in [0.5, 0.6) is 11.5 Å². The van der Waals surface area contributed by atoms with E-state index in [-0.39, 0.29) is 49.5 Å². The van der Waals surface area contributed by atoms with Gasteiger partial charge in [-0.25, -0.2) is 4.98 Å². The molecule has 13 aromatic rings. The van der Waals surface area contributed by atoms with Gasteiger partial charge in [0, 0.05) is 56.4 Å². The van der Waals surface area contributed by atoms with E-state index in [1.165, 1.54) is 0 Å². The first-order valence-corrected chi connectivity index (χ1v) is 27.3. The third kappa shape index (κ3) is 9.14. The summed E-state index contributed by atoms with van der Waals surface area (Å²) in [5.74, 6) is 0.736. The molecule has 398 valence electrons. The second-order valence-corrected chi connectivity index (χ2v) is 22.4. The Morgan fingerprint density at radius 3 is 1.82 bits per heavy atom. The number of nitrogens with zero attached hydrogens (tertiary/aromatic N) is 5. The molecule has 0 saturated heterocycles. The third-order valence-electron chi connectivity index (χ3n) is 15.5. The topological polar surface area (TPSA) is 40.8 Å². The normalized spacial score (nSPS) is 13.3.